The Morgan fingerprint density at radius 3 is 2.76 bits per heavy atom. The summed E-state index contributed by atoms with van der Waals surface area (Å²) in [5.41, 5.74) is 0.349. The molecule has 1 aromatic heterocycles. The van der Waals surface area contributed by atoms with Gasteiger partial charge < -0.3 is 0 Å². The Balaban J connectivity index is 2.01. The zero-order chi connectivity index (χ0) is 12.5. The van der Waals surface area contributed by atoms with Crippen molar-refractivity contribution in [2.75, 3.05) is 0 Å². The summed E-state index contributed by atoms with van der Waals surface area (Å²) in [7, 11) is 0. The zero-order valence-electron chi connectivity index (χ0n) is 9.20. The summed E-state index contributed by atoms with van der Waals surface area (Å²) in [5.74, 6) is -1.31. The van der Waals surface area contributed by atoms with Gasteiger partial charge in [0.05, 0.1) is 18.2 Å². The summed E-state index contributed by atoms with van der Waals surface area (Å²) in [5, 5.41) is 0.355. The van der Waals surface area contributed by atoms with Crippen LogP contribution in [0.2, 0.25) is 0 Å². The molecule has 0 atom stereocenters. The van der Waals surface area contributed by atoms with Crippen molar-refractivity contribution in [3.8, 4) is 0 Å². The van der Waals surface area contributed by atoms with Gasteiger partial charge in [0.1, 0.15) is 0 Å². The van der Waals surface area contributed by atoms with Crippen LogP contribution in [0.3, 0.4) is 0 Å². The van der Waals surface area contributed by atoms with Crippen molar-refractivity contribution in [2.45, 2.75) is 43.5 Å². The van der Waals surface area contributed by atoms with Gasteiger partial charge >= 0.3 is 5.38 Å². The van der Waals surface area contributed by atoms with Crippen LogP contribution in [0.4, 0.5) is 8.78 Å². The van der Waals surface area contributed by atoms with E-state index in [0.717, 1.165) is 12.8 Å². The zero-order valence-corrected chi connectivity index (χ0v) is 9.96. The minimum absolute atomic E-state index is 0.343. The van der Waals surface area contributed by atoms with E-state index >= 15 is 0 Å². The van der Waals surface area contributed by atoms with Gasteiger partial charge in [0.2, 0.25) is 5.78 Å². The lowest BCUT2D eigenvalue weighted by Crippen LogP contribution is -2.23. The van der Waals surface area contributed by atoms with Gasteiger partial charge in [0, 0.05) is 6.20 Å². The lowest BCUT2D eigenvalue weighted by molar-refractivity contribution is -0.132. The molecule has 1 fully saturated rings. The van der Waals surface area contributed by atoms with Crippen LogP contribution >= 0.6 is 11.6 Å². The van der Waals surface area contributed by atoms with E-state index in [-0.39, 0.29) is 0 Å². The Kier molecular flexibility index (Phi) is 3.47. The predicted octanol–water partition coefficient (Wildman–Crippen LogP) is 2.94. The van der Waals surface area contributed by atoms with Gasteiger partial charge in [-0.15, -0.1) is 0 Å². The molecule has 0 N–H and O–H groups in total. The number of halogens is 3. The number of nitrogens with zero attached hydrogens (tertiary/aromatic N) is 2. The van der Waals surface area contributed by atoms with Crippen molar-refractivity contribution in [2.24, 2.45) is 0 Å². The SMILES string of the molecule is O=C(Cc1ccn(C2CCCC2)n1)C(F)(F)Cl. The van der Waals surface area contributed by atoms with E-state index in [2.05, 4.69) is 16.7 Å². The molecule has 0 aromatic carbocycles. The Bertz CT molecular complexity index is 408. The third-order valence-electron chi connectivity index (χ3n) is 3.02. The van der Waals surface area contributed by atoms with Crippen LogP contribution in [0.5, 0.6) is 0 Å². The highest BCUT2D eigenvalue weighted by Gasteiger charge is 2.35. The van der Waals surface area contributed by atoms with Crippen LogP contribution in [0.1, 0.15) is 37.4 Å². The normalized spacial score (nSPS) is 17.6. The summed E-state index contributed by atoms with van der Waals surface area (Å²) in [4.78, 5) is 11.0. The molecule has 1 aliphatic rings. The highest BCUT2D eigenvalue weighted by Crippen LogP contribution is 2.29. The number of aromatic nitrogens is 2. The van der Waals surface area contributed by atoms with Crippen molar-refractivity contribution in [3.05, 3.63) is 18.0 Å². The number of Topliss-reactive ketones (excluding diaryl/α,β-unsaturated/α-hetero) is 1. The smallest absolute Gasteiger partial charge is 0.291 e. The first-order valence-electron chi connectivity index (χ1n) is 5.61. The minimum atomic E-state index is -3.79. The first-order valence-corrected chi connectivity index (χ1v) is 5.98. The summed E-state index contributed by atoms with van der Waals surface area (Å²) in [6.07, 6.45) is 5.76. The van der Waals surface area contributed by atoms with Crippen LogP contribution in [0, 0.1) is 0 Å². The maximum Gasteiger partial charge on any atom is 0.380 e. The summed E-state index contributed by atoms with van der Waals surface area (Å²) >= 11 is 4.65. The van der Waals surface area contributed by atoms with Crippen LogP contribution < -0.4 is 0 Å². The summed E-state index contributed by atoms with van der Waals surface area (Å²) in [6, 6.07) is 1.94. The predicted molar refractivity (Wildman–Crippen MR) is 59.2 cm³/mol. The number of alkyl halides is 3. The number of carbonyl (C=O) groups excluding carboxylic acids is 1. The standard InChI is InChI=1S/C11H13ClF2N2O/c12-11(13,14)10(17)7-8-5-6-16(15-8)9-3-1-2-4-9/h5-6,9H,1-4,7H2. The van der Waals surface area contributed by atoms with Crippen LogP contribution in [-0.4, -0.2) is 20.9 Å². The molecular formula is C11H13ClF2N2O. The van der Waals surface area contributed by atoms with E-state index in [9.17, 15) is 13.6 Å². The number of ketones is 1. The molecule has 1 heterocycles. The molecular weight excluding hydrogens is 250 g/mol. The van der Waals surface area contributed by atoms with Crippen molar-refractivity contribution >= 4 is 17.4 Å². The fraction of sp³-hybridized carbons (Fsp3) is 0.636. The van der Waals surface area contributed by atoms with Gasteiger partial charge in [-0.3, -0.25) is 9.48 Å². The van der Waals surface area contributed by atoms with E-state index in [1.807, 2.05) is 0 Å². The van der Waals surface area contributed by atoms with Gasteiger partial charge in [-0.2, -0.15) is 13.9 Å². The van der Waals surface area contributed by atoms with Crippen LogP contribution in [0.25, 0.3) is 0 Å². The fourth-order valence-electron chi connectivity index (χ4n) is 2.11. The first kappa shape index (κ1) is 12.5. The van der Waals surface area contributed by atoms with Crippen LogP contribution in [0.15, 0.2) is 12.3 Å². The van der Waals surface area contributed by atoms with Gasteiger partial charge in [-0.1, -0.05) is 12.8 Å². The third-order valence-corrected chi connectivity index (χ3v) is 3.23. The summed E-state index contributed by atoms with van der Waals surface area (Å²) in [6.45, 7) is 0. The van der Waals surface area contributed by atoms with Gasteiger partial charge in [0.15, 0.2) is 0 Å². The molecule has 0 saturated heterocycles. The Labute approximate surface area is 103 Å². The number of hydrogen-bond donors (Lipinski definition) is 0. The quantitative estimate of drug-likeness (QED) is 0.782. The monoisotopic (exact) mass is 262 g/mol. The Morgan fingerprint density at radius 1 is 1.53 bits per heavy atom. The molecule has 17 heavy (non-hydrogen) atoms. The highest BCUT2D eigenvalue weighted by atomic mass is 35.5. The second-order valence-corrected chi connectivity index (χ2v) is 4.80. The lowest BCUT2D eigenvalue weighted by Gasteiger charge is -2.09. The molecule has 0 radical (unpaired) electrons. The van der Waals surface area contributed by atoms with E-state index in [4.69, 9.17) is 0 Å². The molecule has 0 spiro atoms. The molecule has 6 heteroatoms. The first-order chi connectivity index (χ1) is 7.97. The van der Waals surface area contributed by atoms with E-state index in [1.54, 1.807) is 16.9 Å². The average molecular weight is 263 g/mol. The maximum atomic E-state index is 12.5. The second-order valence-electron chi connectivity index (χ2n) is 4.32. The van der Waals surface area contributed by atoms with Crippen LogP contribution in [-0.2, 0) is 11.2 Å². The van der Waals surface area contributed by atoms with Crippen molar-refractivity contribution in [1.82, 2.24) is 9.78 Å². The van der Waals surface area contributed by atoms with E-state index in [0.29, 0.717) is 11.7 Å². The number of rotatable bonds is 4. The molecule has 1 aromatic rings. The molecule has 1 saturated carbocycles. The maximum absolute atomic E-state index is 12.5. The topological polar surface area (TPSA) is 34.9 Å². The minimum Gasteiger partial charge on any atom is -0.291 e. The second kappa shape index (κ2) is 4.72. The Morgan fingerprint density at radius 2 is 2.18 bits per heavy atom. The molecule has 0 unspecified atom stereocenters. The molecule has 0 aliphatic heterocycles. The molecule has 1 aliphatic carbocycles. The fourth-order valence-corrected chi connectivity index (χ4v) is 2.18. The van der Waals surface area contributed by atoms with Gasteiger partial charge in [-0.25, -0.2) is 0 Å². The van der Waals surface area contributed by atoms with E-state index in [1.165, 1.54) is 12.8 Å². The summed E-state index contributed by atoms with van der Waals surface area (Å²) < 4.78 is 26.7. The van der Waals surface area contributed by atoms with E-state index < -0.39 is 17.6 Å². The molecule has 2 rings (SSSR count). The van der Waals surface area contributed by atoms with Crippen molar-refractivity contribution in [3.63, 3.8) is 0 Å². The van der Waals surface area contributed by atoms with Gasteiger partial charge in [-0.05, 0) is 30.5 Å². The largest absolute Gasteiger partial charge is 0.380 e. The average Bonchev–Trinajstić information content (AvgIpc) is 2.83. The Hall–Kier alpha value is -0.970. The molecule has 0 amide bonds. The lowest BCUT2D eigenvalue weighted by atomic mass is 10.2. The highest BCUT2D eigenvalue weighted by molar-refractivity contribution is 6.32. The third kappa shape index (κ3) is 3.03. The van der Waals surface area contributed by atoms with Crippen molar-refractivity contribution in [1.29, 1.82) is 0 Å². The number of carbonyl (C=O) groups is 1. The number of hydrogen-bond acceptors (Lipinski definition) is 2. The molecule has 3 nitrogen and oxygen atoms in total. The molecule has 94 valence electrons. The van der Waals surface area contributed by atoms with Crippen molar-refractivity contribution < 1.29 is 13.6 Å². The van der Waals surface area contributed by atoms with Gasteiger partial charge in [0.25, 0.3) is 0 Å². The molecule has 0 bridgehead atoms.